The van der Waals surface area contributed by atoms with Crippen molar-refractivity contribution in [2.24, 2.45) is 0 Å². The van der Waals surface area contributed by atoms with Crippen molar-refractivity contribution in [1.82, 2.24) is 0 Å². The minimum absolute atomic E-state index is 0. The van der Waals surface area contributed by atoms with Gasteiger partial charge >= 0.3 is 16.5 Å². The van der Waals surface area contributed by atoms with E-state index in [1.54, 1.807) is 0 Å². The summed E-state index contributed by atoms with van der Waals surface area (Å²) in [5.74, 6) is -2.04. The quantitative estimate of drug-likeness (QED) is 0.458. The molecule has 13 heavy (non-hydrogen) atoms. The molecule has 11 heteroatoms. The average molecular weight is 257 g/mol. The summed E-state index contributed by atoms with van der Waals surface area (Å²) >= 11 is 0. The van der Waals surface area contributed by atoms with Gasteiger partial charge in [0.15, 0.2) is 0 Å². The number of hydrogen-bond acceptors (Lipinski definition) is 6. The monoisotopic (exact) mass is 257 g/mol. The summed E-state index contributed by atoms with van der Waals surface area (Å²) in [6.45, 7) is 1.08. The predicted molar refractivity (Wildman–Crippen MR) is 49.1 cm³/mol. The Kier molecular flexibility index (Phi) is 15.5. The standard InChI is InChI=1S/C2H6O6P2.3Na/c1-2(3)6-9(4)8-10(5)7-2;;;/h3,9-10H,1H3;;;. The maximum atomic E-state index is 10.4. The molecule has 1 saturated heterocycles. The molecule has 63 valence electrons. The van der Waals surface area contributed by atoms with E-state index in [-0.39, 0.29) is 88.7 Å². The molecule has 1 rings (SSSR count). The fourth-order valence-corrected chi connectivity index (χ4v) is 2.10. The Balaban J connectivity index is -0.000000333. The second-order valence-electron chi connectivity index (χ2n) is 1.70. The van der Waals surface area contributed by atoms with E-state index < -0.39 is 22.5 Å². The molecule has 0 aromatic carbocycles. The van der Waals surface area contributed by atoms with Crippen LogP contribution in [0.15, 0.2) is 0 Å². The van der Waals surface area contributed by atoms with Crippen molar-refractivity contribution in [3.8, 4) is 0 Å². The van der Waals surface area contributed by atoms with E-state index in [9.17, 15) is 9.13 Å². The predicted octanol–water partition coefficient (Wildman–Crippen LogP) is -0.647. The molecule has 0 aromatic rings. The Morgan fingerprint density at radius 1 is 1.08 bits per heavy atom. The van der Waals surface area contributed by atoms with Gasteiger partial charge in [-0.2, -0.15) is 0 Å². The van der Waals surface area contributed by atoms with Gasteiger partial charge in [-0.1, -0.05) is 0 Å². The van der Waals surface area contributed by atoms with Crippen LogP contribution < -0.4 is 0 Å². The van der Waals surface area contributed by atoms with Gasteiger partial charge in [0.1, 0.15) is 0 Å². The molecule has 2 atom stereocenters. The van der Waals surface area contributed by atoms with E-state index >= 15 is 0 Å². The third-order valence-electron chi connectivity index (χ3n) is 0.712. The van der Waals surface area contributed by atoms with Gasteiger partial charge in [-0.05, 0) is 0 Å². The van der Waals surface area contributed by atoms with E-state index in [1.807, 2.05) is 0 Å². The zero-order chi connectivity index (χ0) is 7.78. The van der Waals surface area contributed by atoms with Gasteiger partial charge in [0, 0.05) is 95.6 Å². The van der Waals surface area contributed by atoms with Crippen LogP contribution in [0.5, 0.6) is 0 Å². The Bertz CT molecular complexity index is 178. The van der Waals surface area contributed by atoms with Crippen molar-refractivity contribution in [2.45, 2.75) is 12.9 Å². The fourth-order valence-electron chi connectivity index (χ4n) is 0.440. The van der Waals surface area contributed by atoms with E-state index in [4.69, 9.17) is 5.11 Å². The molecule has 0 bridgehead atoms. The van der Waals surface area contributed by atoms with Gasteiger partial charge in [-0.25, -0.2) is 4.31 Å². The molecule has 3 radical (unpaired) electrons. The van der Waals surface area contributed by atoms with Crippen LogP contribution in [0, 0.1) is 0 Å². The van der Waals surface area contributed by atoms with Gasteiger partial charge in [-0.3, -0.25) is 18.2 Å². The summed E-state index contributed by atoms with van der Waals surface area (Å²) in [4.78, 5) is 0. The van der Waals surface area contributed by atoms with Crippen LogP contribution >= 0.6 is 16.5 Å². The first kappa shape index (κ1) is 21.6. The van der Waals surface area contributed by atoms with Gasteiger partial charge < -0.3 is 5.11 Å². The van der Waals surface area contributed by atoms with Crippen LogP contribution in [0.25, 0.3) is 0 Å². The normalized spacial score (nSPS) is 37.7. The first-order valence-electron chi connectivity index (χ1n) is 2.36. The van der Waals surface area contributed by atoms with Gasteiger partial charge in [-0.15, -0.1) is 0 Å². The first-order valence-corrected chi connectivity index (χ1v) is 4.81. The fraction of sp³-hybridized carbons (Fsp3) is 1.00. The maximum Gasteiger partial charge on any atom is 0.330 e. The number of aliphatic hydroxyl groups is 1. The average Bonchev–Trinajstić information content (AvgIpc) is 1.54. The first-order chi connectivity index (χ1) is 4.49. The van der Waals surface area contributed by atoms with Gasteiger partial charge in [0.25, 0.3) is 5.97 Å². The van der Waals surface area contributed by atoms with E-state index in [2.05, 4.69) is 13.4 Å². The Morgan fingerprint density at radius 3 is 1.62 bits per heavy atom. The Morgan fingerprint density at radius 2 is 1.38 bits per heavy atom. The van der Waals surface area contributed by atoms with Crippen LogP contribution in [0.2, 0.25) is 0 Å². The van der Waals surface area contributed by atoms with Gasteiger partial charge in [0.2, 0.25) is 0 Å². The zero-order valence-electron chi connectivity index (χ0n) is 7.99. The van der Waals surface area contributed by atoms with Crippen LogP contribution in [-0.2, 0) is 22.5 Å². The third-order valence-corrected chi connectivity index (χ3v) is 3.14. The number of hydrogen-bond donors (Lipinski definition) is 1. The summed E-state index contributed by atoms with van der Waals surface area (Å²) in [6.07, 6.45) is 0. The smallest absolute Gasteiger partial charge is 0.330 e. The van der Waals surface area contributed by atoms with E-state index in [0.717, 1.165) is 6.92 Å². The molecule has 1 heterocycles. The molecule has 0 aliphatic carbocycles. The molecule has 0 amide bonds. The molecule has 2 unspecified atom stereocenters. The van der Waals surface area contributed by atoms with Crippen molar-refractivity contribution in [3.05, 3.63) is 0 Å². The minimum atomic E-state index is -2.84. The van der Waals surface area contributed by atoms with E-state index in [1.165, 1.54) is 0 Å². The summed E-state index contributed by atoms with van der Waals surface area (Å²) in [5.41, 5.74) is 0. The number of rotatable bonds is 0. The molecule has 1 fully saturated rings. The van der Waals surface area contributed by atoms with E-state index in [0.29, 0.717) is 0 Å². The van der Waals surface area contributed by atoms with Gasteiger partial charge in [0.05, 0.1) is 0 Å². The molecule has 1 aliphatic rings. The maximum absolute atomic E-state index is 10.4. The van der Waals surface area contributed by atoms with Crippen LogP contribution in [0.3, 0.4) is 0 Å². The molecule has 0 saturated carbocycles. The molecule has 0 spiro atoms. The molecular formula is C2H6Na3O6P2. The Labute approximate surface area is 143 Å². The second kappa shape index (κ2) is 9.34. The zero-order valence-corrected chi connectivity index (χ0v) is 16.0. The third kappa shape index (κ3) is 9.04. The van der Waals surface area contributed by atoms with Crippen LogP contribution in [-0.4, -0.2) is 99.8 Å². The minimum Gasteiger partial charge on any atom is -0.343 e. The molecule has 0 aromatic heterocycles. The van der Waals surface area contributed by atoms with Crippen molar-refractivity contribution in [3.63, 3.8) is 0 Å². The van der Waals surface area contributed by atoms with Crippen molar-refractivity contribution in [1.29, 1.82) is 0 Å². The summed E-state index contributed by atoms with van der Waals surface area (Å²) in [5, 5.41) is 8.84. The molecule has 1 aliphatic heterocycles. The summed E-state index contributed by atoms with van der Waals surface area (Å²) in [7, 11) is -5.68. The molecule has 6 nitrogen and oxygen atoms in total. The second-order valence-corrected chi connectivity index (χ2v) is 3.93. The summed E-state index contributed by atoms with van der Waals surface area (Å²) in [6, 6.07) is 0. The molecular weight excluding hydrogens is 251 g/mol. The molecule has 1 N–H and O–H groups in total. The van der Waals surface area contributed by atoms with Crippen molar-refractivity contribution < 1.29 is 27.6 Å². The SMILES string of the molecule is CC1(O)O[PH](=O)O[PH](=O)O1.[Na].[Na].[Na]. The van der Waals surface area contributed by atoms with Crippen LogP contribution in [0.1, 0.15) is 6.92 Å². The topological polar surface area (TPSA) is 82.1 Å². The van der Waals surface area contributed by atoms with Crippen molar-refractivity contribution >= 4 is 105 Å². The largest absolute Gasteiger partial charge is 0.343 e. The van der Waals surface area contributed by atoms with Crippen LogP contribution in [0.4, 0.5) is 0 Å². The van der Waals surface area contributed by atoms with Crippen molar-refractivity contribution in [2.75, 3.05) is 0 Å². The summed E-state index contributed by atoms with van der Waals surface area (Å²) < 4.78 is 33.4. The Hall–Kier alpha value is 3.30.